The molecule has 1 aromatic heterocycles. The second kappa shape index (κ2) is 8.44. The van der Waals surface area contributed by atoms with Gasteiger partial charge in [0.2, 0.25) is 0 Å². The van der Waals surface area contributed by atoms with Crippen molar-refractivity contribution in [1.29, 1.82) is 0 Å². The van der Waals surface area contributed by atoms with Gasteiger partial charge in [0, 0.05) is 30.9 Å². The maximum atomic E-state index is 4.15. The van der Waals surface area contributed by atoms with Gasteiger partial charge in [-0.25, -0.2) is 0 Å². The molecule has 0 radical (unpaired) electrons. The summed E-state index contributed by atoms with van der Waals surface area (Å²) in [5.74, 6) is 1.36. The average Bonchev–Trinajstić information content (AvgIpc) is 2.62. The molecule has 2 nitrogen and oxygen atoms in total. The number of hydrogen-bond acceptors (Lipinski definition) is 2. The zero-order valence-electron chi connectivity index (χ0n) is 14.4. The minimum atomic E-state index is 0.418. The van der Waals surface area contributed by atoms with E-state index in [-0.39, 0.29) is 0 Å². The lowest BCUT2D eigenvalue weighted by Gasteiger charge is -2.27. The van der Waals surface area contributed by atoms with Crippen LogP contribution in [-0.2, 0) is 0 Å². The van der Waals surface area contributed by atoms with Gasteiger partial charge in [-0.2, -0.15) is 0 Å². The van der Waals surface area contributed by atoms with Gasteiger partial charge < -0.3 is 5.32 Å². The largest absolute Gasteiger partial charge is 0.310 e. The minimum absolute atomic E-state index is 0.418. The van der Waals surface area contributed by atoms with Crippen molar-refractivity contribution in [1.82, 2.24) is 10.3 Å². The summed E-state index contributed by atoms with van der Waals surface area (Å²) < 4.78 is 0. The molecular formula is C21H30N2. The molecule has 1 saturated carbocycles. The van der Waals surface area contributed by atoms with E-state index in [2.05, 4.69) is 47.6 Å². The number of allylic oxidation sites excluding steroid dienone is 3. The molecule has 0 aromatic carbocycles. The zero-order chi connectivity index (χ0) is 15.9. The highest BCUT2D eigenvalue weighted by molar-refractivity contribution is 5.36. The lowest BCUT2D eigenvalue weighted by molar-refractivity contribution is 0.307. The number of pyridine rings is 1. The predicted molar refractivity (Wildman–Crippen MR) is 97.5 cm³/mol. The first kappa shape index (κ1) is 16.4. The second-order valence-electron chi connectivity index (χ2n) is 7.22. The van der Waals surface area contributed by atoms with Crippen molar-refractivity contribution in [2.75, 3.05) is 6.54 Å². The third-order valence-electron chi connectivity index (χ3n) is 5.38. The first-order valence-corrected chi connectivity index (χ1v) is 9.32. The van der Waals surface area contributed by atoms with Gasteiger partial charge in [-0.3, -0.25) is 4.98 Å². The van der Waals surface area contributed by atoms with Crippen molar-refractivity contribution >= 4 is 0 Å². The SMILES string of the molecule is CC(CC1CCCCC1)NCC1=CCC=CC1c1ccncc1. The fourth-order valence-electron chi connectivity index (χ4n) is 4.06. The summed E-state index contributed by atoms with van der Waals surface area (Å²) in [4.78, 5) is 4.15. The van der Waals surface area contributed by atoms with Crippen LogP contribution in [-0.4, -0.2) is 17.6 Å². The van der Waals surface area contributed by atoms with Crippen molar-refractivity contribution in [2.45, 2.75) is 63.8 Å². The topological polar surface area (TPSA) is 24.9 Å². The van der Waals surface area contributed by atoms with Crippen LogP contribution in [0, 0.1) is 5.92 Å². The summed E-state index contributed by atoms with van der Waals surface area (Å²) in [5.41, 5.74) is 2.86. The average molecular weight is 310 g/mol. The van der Waals surface area contributed by atoms with Crippen LogP contribution in [0.5, 0.6) is 0 Å². The molecule has 2 atom stereocenters. The van der Waals surface area contributed by atoms with Gasteiger partial charge >= 0.3 is 0 Å². The van der Waals surface area contributed by atoms with E-state index in [0.717, 1.165) is 18.9 Å². The van der Waals surface area contributed by atoms with Crippen LogP contribution in [0.4, 0.5) is 0 Å². The molecule has 0 spiro atoms. The molecule has 1 aromatic rings. The molecule has 1 fully saturated rings. The number of rotatable bonds is 6. The third kappa shape index (κ3) is 4.78. The normalized spacial score (nSPS) is 23.5. The molecule has 23 heavy (non-hydrogen) atoms. The summed E-state index contributed by atoms with van der Waals surface area (Å²) in [6, 6.07) is 4.89. The summed E-state index contributed by atoms with van der Waals surface area (Å²) in [7, 11) is 0. The Morgan fingerprint density at radius 2 is 1.96 bits per heavy atom. The maximum Gasteiger partial charge on any atom is 0.0270 e. The third-order valence-corrected chi connectivity index (χ3v) is 5.38. The molecule has 0 saturated heterocycles. The molecule has 2 aliphatic carbocycles. The quantitative estimate of drug-likeness (QED) is 0.748. The van der Waals surface area contributed by atoms with Gasteiger partial charge in [0.05, 0.1) is 0 Å². The Balaban J connectivity index is 1.52. The van der Waals surface area contributed by atoms with E-state index >= 15 is 0 Å². The standard InChI is InChI=1S/C21H30N2/c1-17(15-18-7-3-2-4-8-18)23-16-20-9-5-6-10-21(20)19-11-13-22-14-12-19/h6,9-14,17-18,21,23H,2-5,7-8,15-16H2,1H3. The Labute approximate surface area is 141 Å². The first-order valence-electron chi connectivity index (χ1n) is 9.32. The number of nitrogens with zero attached hydrogens (tertiary/aromatic N) is 1. The number of hydrogen-bond donors (Lipinski definition) is 1. The molecule has 0 bridgehead atoms. The molecule has 2 heteroatoms. The maximum absolute atomic E-state index is 4.15. The minimum Gasteiger partial charge on any atom is -0.310 e. The van der Waals surface area contributed by atoms with E-state index in [0.29, 0.717) is 12.0 Å². The fourth-order valence-corrected chi connectivity index (χ4v) is 4.06. The smallest absolute Gasteiger partial charge is 0.0270 e. The Morgan fingerprint density at radius 3 is 2.74 bits per heavy atom. The van der Waals surface area contributed by atoms with E-state index in [4.69, 9.17) is 0 Å². The summed E-state index contributed by atoms with van der Waals surface area (Å²) in [6.07, 6.45) is 20.4. The van der Waals surface area contributed by atoms with Crippen LogP contribution >= 0.6 is 0 Å². The van der Waals surface area contributed by atoms with E-state index in [1.54, 1.807) is 0 Å². The molecule has 124 valence electrons. The molecule has 2 unspecified atom stereocenters. The molecule has 2 aliphatic rings. The molecule has 1 heterocycles. The van der Waals surface area contributed by atoms with Crippen LogP contribution < -0.4 is 5.32 Å². The first-order chi connectivity index (χ1) is 11.3. The van der Waals surface area contributed by atoms with E-state index in [1.807, 2.05) is 12.4 Å². The Kier molecular flexibility index (Phi) is 6.04. The van der Waals surface area contributed by atoms with Gasteiger partial charge in [-0.15, -0.1) is 0 Å². The van der Waals surface area contributed by atoms with Crippen molar-refractivity contribution in [3.8, 4) is 0 Å². The highest BCUT2D eigenvalue weighted by Crippen LogP contribution is 2.30. The van der Waals surface area contributed by atoms with Crippen molar-refractivity contribution in [2.24, 2.45) is 5.92 Å². The highest BCUT2D eigenvalue weighted by Gasteiger charge is 2.19. The summed E-state index contributed by atoms with van der Waals surface area (Å²) in [6.45, 7) is 3.36. The Bertz CT molecular complexity index is 526. The fraction of sp³-hybridized carbons (Fsp3) is 0.571. The van der Waals surface area contributed by atoms with Crippen LogP contribution in [0.2, 0.25) is 0 Å². The summed E-state index contributed by atoms with van der Waals surface area (Å²) in [5, 5.41) is 3.78. The highest BCUT2D eigenvalue weighted by atomic mass is 14.9. The molecule has 3 rings (SSSR count). The lowest BCUT2D eigenvalue weighted by atomic mass is 9.84. The van der Waals surface area contributed by atoms with E-state index < -0.39 is 0 Å². The van der Waals surface area contributed by atoms with Crippen LogP contribution in [0.15, 0.2) is 48.3 Å². The monoisotopic (exact) mass is 310 g/mol. The predicted octanol–water partition coefficient (Wildman–Crippen LogP) is 5.00. The lowest BCUT2D eigenvalue weighted by Crippen LogP contribution is -2.31. The van der Waals surface area contributed by atoms with Gasteiger partial charge in [-0.05, 0) is 49.0 Å². The molecule has 0 amide bonds. The van der Waals surface area contributed by atoms with Crippen molar-refractivity contribution in [3.63, 3.8) is 0 Å². The van der Waals surface area contributed by atoms with E-state index in [9.17, 15) is 0 Å². The summed E-state index contributed by atoms with van der Waals surface area (Å²) >= 11 is 0. The number of nitrogens with one attached hydrogen (secondary N) is 1. The van der Waals surface area contributed by atoms with Gasteiger partial charge in [-0.1, -0.05) is 50.3 Å². The van der Waals surface area contributed by atoms with Gasteiger partial charge in [0.15, 0.2) is 0 Å². The van der Waals surface area contributed by atoms with Crippen molar-refractivity contribution in [3.05, 3.63) is 53.9 Å². The van der Waals surface area contributed by atoms with Crippen LogP contribution in [0.1, 0.15) is 63.4 Å². The molecule has 1 N–H and O–H groups in total. The zero-order valence-corrected chi connectivity index (χ0v) is 14.4. The van der Waals surface area contributed by atoms with E-state index in [1.165, 1.54) is 49.7 Å². The molecule has 0 aliphatic heterocycles. The van der Waals surface area contributed by atoms with Crippen molar-refractivity contribution < 1.29 is 0 Å². The van der Waals surface area contributed by atoms with Crippen LogP contribution in [0.3, 0.4) is 0 Å². The Morgan fingerprint density at radius 1 is 1.17 bits per heavy atom. The molecular weight excluding hydrogens is 280 g/mol. The van der Waals surface area contributed by atoms with Gasteiger partial charge in [0.1, 0.15) is 0 Å². The second-order valence-corrected chi connectivity index (χ2v) is 7.22. The van der Waals surface area contributed by atoms with Gasteiger partial charge in [0.25, 0.3) is 0 Å². The Hall–Kier alpha value is -1.41. The van der Waals surface area contributed by atoms with Crippen LogP contribution in [0.25, 0.3) is 0 Å². The number of aromatic nitrogens is 1.